The van der Waals surface area contributed by atoms with Crippen LogP contribution in [0.5, 0.6) is 0 Å². The first kappa shape index (κ1) is 16.2. The van der Waals surface area contributed by atoms with E-state index in [-0.39, 0.29) is 6.04 Å². The van der Waals surface area contributed by atoms with E-state index in [1.54, 1.807) is 0 Å². The van der Waals surface area contributed by atoms with Gasteiger partial charge in [-0.05, 0) is 24.0 Å². The van der Waals surface area contributed by atoms with Crippen molar-refractivity contribution in [3.05, 3.63) is 71.8 Å². The average Bonchev–Trinajstić information content (AvgIpc) is 2.58. The van der Waals surface area contributed by atoms with E-state index in [1.165, 1.54) is 11.1 Å². The lowest BCUT2D eigenvalue weighted by atomic mass is 10.0. The van der Waals surface area contributed by atoms with Gasteiger partial charge in [0.2, 0.25) is 0 Å². The van der Waals surface area contributed by atoms with Gasteiger partial charge in [0.25, 0.3) is 0 Å². The topological polar surface area (TPSA) is 41.3 Å². The lowest BCUT2D eigenvalue weighted by molar-refractivity contribution is 0.151. The largest absolute Gasteiger partial charge is 0.326 e. The molecule has 0 aromatic heterocycles. The molecule has 2 unspecified atom stereocenters. The first-order chi connectivity index (χ1) is 11.3. The third-order valence-electron chi connectivity index (χ3n) is 4.60. The van der Waals surface area contributed by atoms with Gasteiger partial charge in [0, 0.05) is 38.3 Å². The molecule has 1 aliphatic rings. The highest BCUT2D eigenvalue weighted by atomic mass is 15.2. The quantitative estimate of drug-likeness (QED) is 0.858. The summed E-state index contributed by atoms with van der Waals surface area (Å²) in [4.78, 5) is 2.57. The predicted molar refractivity (Wildman–Crippen MR) is 96.5 cm³/mol. The fraction of sp³-hybridized carbons (Fsp3) is 0.400. The number of nitrogens with two attached hydrogens (primary N) is 1. The molecule has 122 valence electrons. The van der Waals surface area contributed by atoms with Crippen molar-refractivity contribution in [3.8, 4) is 0 Å². The summed E-state index contributed by atoms with van der Waals surface area (Å²) < 4.78 is 0. The normalized spacial score (nSPS) is 20.3. The van der Waals surface area contributed by atoms with E-state index in [1.807, 2.05) is 0 Å². The van der Waals surface area contributed by atoms with Crippen molar-refractivity contribution in [1.82, 2.24) is 10.2 Å². The van der Waals surface area contributed by atoms with Gasteiger partial charge >= 0.3 is 0 Å². The molecule has 2 aromatic rings. The predicted octanol–water partition coefficient (Wildman–Crippen LogP) is 2.07. The fourth-order valence-electron chi connectivity index (χ4n) is 3.41. The van der Waals surface area contributed by atoms with Crippen molar-refractivity contribution >= 4 is 0 Å². The third kappa shape index (κ3) is 4.90. The number of hydrogen-bond donors (Lipinski definition) is 2. The second-order valence-electron chi connectivity index (χ2n) is 6.49. The molecule has 3 nitrogen and oxygen atoms in total. The van der Waals surface area contributed by atoms with Gasteiger partial charge in [0.1, 0.15) is 0 Å². The highest BCUT2D eigenvalue weighted by molar-refractivity contribution is 5.17. The molecule has 1 saturated heterocycles. The summed E-state index contributed by atoms with van der Waals surface area (Å²) in [6, 6.07) is 22.1. The average molecular weight is 309 g/mol. The van der Waals surface area contributed by atoms with Gasteiger partial charge in [-0.2, -0.15) is 0 Å². The SMILES string of the molecule is NC(Cc1ccccc1)CN1CCNCC1Cc1ccccc1. The van der Waals surface area contributed by atoms with Crippen LogP contribution in [-0.4, -0.2) is 43.2 Å². The van der Waals surface area contributed by atoms with E-state index in [0.29, 0.717) is 6.04 Å². The summed E-state index contributed by atoms with van der Waals surface area (Å²) in [5.74, 6) is 0. The molecule has 1 aliphatic heterocycles. The summed E-state index contributed by atoms with van der Waals surface area (Å²) in [6.45, 7) is 4.16. The van der Waals surface area contributed by atoms with Gasteiger partial charge in [-0.3, -0.25) is 4.90 Å². The number of rotatable bonds is 6. The minimum absolute atomic E-state index is 0.189. The molecule has 2 aromatic carbocycles. The number of piperazine rings is 1. The monoisotopic (exact) mass is 309 g/mol. The Labute approximate surface area is 139 Å². The van der Waals surface area contributed by atoms with Crippen molar-refractivity contribution in [2.45, 2.75) is 24.9 Å². The minimum atomic E-state index is 0.189. The van der Waals surface area contributed by atoms with Gasteiger partial charge in [0.05, 0.1) is 0 Å². The van der Waals surface area contributed by atoms with Crippen LogP contribution >= 0.6 is 0 Å². The molecule has 23 heavy (non-hydrogen) atoms. The summed E-state index contributed by atoms with van der Waals surface area (Å²) in [5, 5.41) is 3.53. The van der Waals surface area contributed by atoms with E-state index in [0.717, 1.165) is 39.0 Å². The Morgan fingerprint density at radius 3 is 2.35 bits per heavy atom. The molecular weight excluding hydrogens is 282 g/mol. The molecule has 2 atom stereocenters. The second-order valence-corrected chi connectivity index (χ2v) is 6.49. The zero-order valence-electron chi connectivity index (χ0n) is 13.7. The van der Waals surface area contributed by atoms with Gasteiger partial charge in [-0.1, -0.05) is 60.7 Å². The molecule has 0 radical (unpaired) electrons. The van der Waals surface area contributed by atoms with Crippen molar-refractivity contribution in [3.63, 3.8) is 0 Å². The van der Waals surface area contributed by atoms with Crippen molar-refractivity contribution in [2.75, 3.05) is 26.2 Å². The van der Waals surface area contributed by atoms with E-state index >= 15 is 0 Å². The van der Waals surface area contributed by atoms with E-state index in [9.17, 15) is 0 Å². The molecule has 0 saturated carbocycles. The molecular formula is C20H27N3. The Hall–Kier alpha value is -1.68. The third-order valence-corrected chi connectivity index (χ3v) is 4.60. The van der Waals surface area contributed by atoms with E-state index in [4.69, 9.17) is 5.73 Å². The van der Waals surface area contributed by atoms with Gasteiger partial charge < -0.3 is 11.1 Å². The zero-order valence-corrected chi connectivity index (χ0v) is 13.7. The van der Waals surface area contributed by atoms with E-state index in [2.05, 4.69) is 70.9 Å². The Bertz CT molecular complexity index is 570. The van der Waals surface area contributed by atoms with Crippen LogP contribution in [-0.2, 0) is 12.8 Å². The van der Waals surface area contributed by atoms with Crippen LogP contribution in [0.15, 0.2) is 60.7 Å². The van der Waals surface area contributed by atoms with Crippen LogP contribution in [0.2, 0.25) is 0 Å². The molecule has 0 bridgehead atoms. The molecule has 0 amide bonds. The van der Waals surface area contributed by atoms with Crippen LogP contribution < -0.4 is 11.1 Å². The lowest BCUT2D eigenvalue weighted by Gasteiger charge is -2.37. The Morgan fingerprint density at radius 2 is 1.65 bits per heavy atom. The number of nitrogens with one attached hydrogen (secondary N) is 1. The summed E-state index contributed by atoms with van der Waals surface area (Å²) in [6.07, 6.45) is 2.04. The van der Waals surface area contributed by atoms with Crippen LogP contribution in [0.4, 0.5) is 0 Å². The number of nitrogens with zero attached hydrogens (tertiary/aromatic N) is 1. The van der Waals surface area contributed by atoms with Crippen LogP contribution in [0, 0.1) is 0 Å². The number of hydrogen-bond acceptors (Lipinski definition) is 3. The highest BCUT2D eigenvalue weighted by Crippen LogP contribution is 2.12. The smallest absolute Gasteiger partial charge is 0.0262 e. The van der Waals surface area contributed by atoms with Crippen LogP contribution in [0.1, 0.15) is 11.1 Å². The van der Waals surface area contributed by atoms with Crippen molar-refractivity contribution in [1.29, 1.82) is 0 Å². The summed E-state index contributed by atoms with van der Waals surface area (Å²) in [5.41, 5.74) is 9.16. The Balaban J connectivity index is 1.57. The summed E-state index contributed by atoms with van der Waals surface area (Å²) >= 11 is 0. The fourth-order valence-corrected chi connectivity index (χ4v) is 3.41. The maximum Gasteiger partial charge on any atom is 0.0262 e. The van der Waals surface area contributed by atoms with Crippen molar-refractivity contribution in [2.24, 2.45) is 5.73 Å². The first-order valence-corrected chi connectivity index (χ1v) is 8.59. The maximum atomic E-state index is 6.43. The molecule has 1 fully saturated rings. The van der Waals surface area contributed by atoms with Gasteiger partial charge in [-0.15, -0.1) is 0 Å². The Kier molecular flexibility index (Phi) is 5.81. The van der Waals surface area contributed by atoms with Gasteiger partial charge in [0.15, 0.2) is 0 Å². The molecule has 0 aliphatic carbocycles. The lowest BCUT2D eigenvalue weighted by Crippen LogP contribution is -2.55. The van der Waals surface area contributed by atoms with Gasteiger partial charge in [-0.25, -0.2) is 0 Å². The second kappa shape index (κ2) is 8.25. The maximum absolute atomic E-state index is 6.43. The Morgan fingerprint density at radius 1 is 1.00 bits per heavy atom. The highest BCUT2D eigenvalue weighted by Gasteiger charge is 2.23. The molecule has 3 rings (SSSR count). The first-order valence-electron chi connectivity index (χ1n) is 8.59. The molecule has 0 spiro atoms. The number of benzene rings is 2. The zero-order chi connectivity index (χ0) is 15.9. The van der Waals surface area contributed by atoms with Crippen LogP contribution in [0.3, 0.4) is 0 Å². The van der Waals surface area contributed by atoms with E-state index < -0.39 is 0 Å². The molecule has 1 heterocycles. The standard InChI is InChI=1S/C20H27N3/c21-19(13-17-7-3-1-4-8-17)16-23-12-11-22-15-20(23)14-18-9-5-2-6-10-18/h1-10,19-20,22H,11-16,21H2. The van der Waals surface area contributed by atoms with Crippen molar-refractivity contribution < 1.29 is 0 Å². The van der Waals surface area contributed by atoms with Crippen LogP contribution in [0.25, 0.3) is 0 Å². The minimum Gasteiger partial charge on any atom is -0.326 e. The summed E-state index contributed by atoms with van der Waals surface area (Å²) in [7, 11) is 0. The molecule has 3 N–H and O–H groups in total. The molecule has 3 heteroatoms.